The van der Waals surface area contributed by atoms with E-state index in [1.807, 2.05) is 31.2 Å². The Morgan fingerprint density at radius 2 is 1.90 bits per heavy atom. The molecular weight excluding hydrogens is 276 g/mol. The third-order valence-electron chi connectivity index (χ3n) is 2.61. The van der Waals surface area contributed by atoms with Crippen LogP contribution in [0, 0.1) is 5.41 Å². The number of hydrogen-bond acceptors (Lipinski definition) is 3. The number of para-hydroxylation sites is 2. The van der Waals surface area contributed by atoms with Gasteiger partial charge in [0, 0.05) is 11.6 Å². The van der Waals surface area contributed by atoms with Crippen LogP contribution in [0.5, 0.6) is 17.2 Å². The molecule has 20 heavy (non-hydrogen) atoms. The molecule has 0 atom stereocenters. The van der Waals surface area contributed by atoms with E-state index < -0.39 is 0 Å². The summed E-state index contributed by atoms with van der Waals surface area (Å²) in [4.78, 5) is 0. The summed E-state index contributed by atoms with van der Waals surface area (Å²) in [7, 11) is 0. The minimum absolute atomic E-state index is 0.0729. The van der Waals surface area contributed by atoms with E-state index in [1.54, 1.807) is 18.2 Å². The van der Waals surface area contributed by atoms with Gasteiger partial charge in [-0.2, -0.15) is 0 Å². The lowest BCUT2D eigenvalue weighted by Gasteiger charge is -2.12. The largest absolute Gasteiger partial charge is 0.490 e. The van der Waals surface area contributed by atoms with Gasteiger partial charge in [0.25, 0.3) is 0 Å². The Bertz CT molecular complexity index is 629. The van der Waals surface area contributed by atoms with Crippen molar-refractivity contribution in [3.63, 3.8) is 0 Å². The molecule has 2 rings (SSSR count). The highest BCUT2D eigenvalue weighted by Gasteiger charge is 2.08. The van der Waals surface area contributed by atoms with Gasteiger partial charge in [0.05, 0.1) is 11.6 Å². The summed E-state index contributed by atoms with van der Waals surface area (Å²) in [5.74, 6) is 1.77. The van der Waals surface area contributed by atoms with E-state index >= 15 is 0 Å². The Balaban J connectivity index is 2.26. The maximum atomic E-state index is 7.39. The van der Waals surface area contributed by atoms with Crippen LogP contribution < -0.4 is 15.2 Å². The van der Waals surface area contributed by atoms with Gasteiger partial charge in [-0.1, -0.05) is 23.7 Å². The van der Waals surface area contributed by atoms with E-state index in [9.17, 15) is 0 Å². The average molecular weight is 291 g/mol. The lowest BCUT2D eigenvalue weighted by atomic mass is 10.2. The maximum absolute atomic E-state index is 7.39. The SMILES string of the molecule is CCOc1ccccc1Oc1ccc(C(=N)N)c(Cl)c1. The standard InChI is InChI=1S/C15H15ClN2O2/c1-2-19-13-5-3-4-6-14(13)20-10-7-8-11(15(17)18)12(16)9-10/h3-9H,2H2,1H3,(H3,17,18). The van der Waals surface area contributed by atoms with Crippen molar-refractivity contribution in [1.29, 1.82) is 5.41 Å². The molecule has 0 heterocycles. The first kappa shape index (κ1) is 14.2. The number of rotatable bonds is 5. The van der Waals surface area contributed by atoms with Crippen molar-refractivity contribution >= 4 is 17.4 Å². The van der Waals surface area contributed by atoms with Crippen molar-refractivity contribution in [1.82, 2.24) is 0 Å². The van der Waals surface area contributed by atoms with Crippen LogP contribution >= 0.6 is 11.6 Å². The molecule has 2 aromatic carbocycles. The first-order chi connectivity index (χ1) is 9.61. The zero-order chi connectivity index (χ0) is 14.5. The van der Waals surface area contributed by atoms with Gasteiger partial charge in [0.1, 0.15) is 11.6 Å². The Morgan fingerprint density at radius 3 is 2.50 bits per heavy atom. The minimum atomic E-state index is -0.0729. The van der Waals surface area contributed by atoms with Crippen LogP contribution in [0.25, 0.3) is 0 Å². The van der Waals surface area contributed by atoms with Crippen LogP contribution in [0.3, 0.4) is 0 Å². The summed E-state index contributed by atoms with van der Waals surface area (Å²) in [6.45, 7) is 2.47. The summed E-state index contributed by atoms with van der Waals surface area (Å²) >= 11 is 6.06. The Hall–Kier alpha value is -2.20. The summed E-state index contributed by atoms with van der Waals surface area (Å²) < 4.78 is 11.2. The first-order valence-corrected chi connectivity index (χ1v) is 6.53. The number of ether oxygens (including phenoxy) is 2. The lowest BCUT2D eigenvalue weighted by molar-refractivity contribution is 0.321. The molecule has 5 heteroatoms. The maximum Gasteiger partial charge on any atom is 0.169 e. The monoisotopic (exact) mass is 290 g/mol. The topological polar surface area (TPSA) is 68.3 Å². The zero-order valence-electron chi connectivity index (χ0n) is 11.0. The molecule has 2 aromatic rings. The average Bonchev–Trinajstić information content (AvgIpc) is 2.41. The first-order valence-electron chi connectivity index (χ1n) is 6.15. The molecule has 104 valence electrons. The Labute approximate surface area is 122 Å². The van der Waals surface area contributed by atoms with Crippen LogP contribution in [-0.2, 0) is 0 Å². The molecule has 0 saturated heterocycles. The van der Waals surface area contributed by atoms with Gasteiger partial charge in [0.15, 0.2) is 11.5 Å². The van der Waals surface area contributed by atoms with Gasteiger partial charge in [-0.05, 0) is 31.2 Å². The fourth-order valence-electron chi connectivity index (χ4n) is 1.71. The van der Waals surface area contributed by atoms with Crippen LogP contribution in [0.4, 0.5) is 0 Å². The van der Waals surface area contributed by atoms with Crippen molar-refractivity contribution in [3.05, 3.63) is 53.1 Å². The molecule has 0 bridgehead atoms. The van der Waals surface area contributed by atoms with Crippen LogP contribution in [-0.4, -0.2) is 12.4 Å². The molecule has 0 unspecified atom stereocenters. The van der Waals surface area contributed by atoms with E-state index in [1.165, 1.54) is 0 Å². The molecule has 0 aliphatic carbocycles. The fourth-order valence-corrected chi connectivity index (χ4v) is 1.99. The van der Waals surface area contributed by atoms with Crippen molar-refractivity contribution in [3.8, 4) is 17.2 Å². The van der Waals surface area contributed by atoms with Gasteiger partial charge >= 0.3 is 0 Å². The Morgan fingerprint density at radius 1 is 1.20 bits per heavy atom. The lowest BCUT2D eigenvalue weighted by Crippen LogP contribution is -2.11. The quantitative estimate of drug-likeness (QED) is 0.650. The molecular formula is C15H15ClN2O2. The summed E-state index contributed by atoms with van der Waals surface area (Å²) in [6, 6.07) is 12.4. The van der Waals surface area contributed by atoms with Crippen LogP contribution in [0.1, 0.15) is 12.5 Å². The van der Waals surface area contributed by atoms with E-state index in [0.717, 1.165) is 0 Å². The molecule has 3 N–H and O–H groups in total. The number of halogens is 1. The highest BCUT2D eigenvalue weighted by Crippen LogP contribution is 2.32. The van der Waals surface area contributed by atoms with E-state index in [-0.39, 0.29) is 5.84 Å². The highest BCUT2D eigenvalue weighted by atomic mass is 35.5. The van der Waals surface area contributed by atoms with E-state index in [2.05, 4.69) is 0 Å². The second kappa shape index (κ2) is 6.30. The number of benzene rings is 2. The number of nitrogen functional groups attached to an aromatic ring is 1. The van der Waals surface area contributed by atoms with Crippen molar-refractivity contribution in [2.75, 3.05) is 6.61 Å². The van der Waals surface area contributed by atoms with Crippen LogP contribution in [0.15, 0.2) is 42.5 Å². The highest BCUT2D eigenvalue weighted by molar-refractivity contribution is 6.34. The number of hydrogen-bond donors (Lipinski definition) is 2. The fraction of sp³-hybridized carbons (Fsp3) is 0.133. The molecule has 0 spiro atoms. The summed E-state index contributed by atoms with van der Waals surface area (Å²) in [5.41, 5.74) is 5.90. The van der Waals surface area contributed by atoms with Crippen LogP contribution in [0.2, 0.25) is 5.02 Å². The molecule has 0 aliphatic heterocycles. The minimum Gasteiger partial charge on any atom is -0.490 e. The van der Waals surface area contributed by atoms with Crippen molar-refractivity contribution < 1.29 is 9.47 Å². The predicted molar refractivity (Wildman–Crippen MR) is 80.2 cm³/mol. The van der Waals surface area contributed by atoms with E-state index in [0.29, 0.717) is 34.4 Å². The molecule has 0 aliphatic rings. The van der Waals surface area contributed by atoms with Gasteiger partial charge in [-0.25, -0.2) is 0 Å². The third-order valence-corrected chi connectivity index (χ3v) is 2.92. The van der Waals surface area contributed by atoms with Gasteiger partial charge in [-0.15, -0.1) is 0 Å². The molecule has 4 nitrogen and oxygen atoms in total. The molecule has 0 fully saturated rings. The van der Waals surface area contributed by atoms with E-state index in [4.69, 9.17) is 32.2 Å². The number of nitrogens with two attached hydrogens (primary N) is 1. The Kier molecular flexibility index (Phi) is 4.48. The van der Waals surface area contributed by atoms with Crippen molar-refractivity contribution in [2.45, 2.75) is 6.92 Å². The third kappa shape index (κ3) is 3.22. The zero-order valence-corrected chi connectivity index (χ0v) is 11.8. The second-order valence-corrected chi connectivity index (χ2v) is 4.44. The van der Waals surface area contributed by atoms with Gasteiger partial charge in [0.2, 0.25) is 0 Å². The van der Waals surface area contributed by atoms with Crippen molar-refractivity contribution in [2.24, 2.45) is 5.73 Å². The molecule has 0 aromatic heterocycles. The summed E-state index contributed by atoms with van der Waals surface area (Å²) in [6.07, 6.45) is 0. The molecule has 0 amide bonds. The number of amidine groups is 1. The molecule has 0 saturated carbocycles. The predicted octanol–water partition coefficient (Wildman–Crippen LogP) is 3.82. The van der Waals surface area contributed by atoms with Gasteiger partial charge in [-0.3, -0.25) is 5.41 Å². The second-order valence-electron chi connectivity index (χ2n) is 4.04. The smallest absolute Gasteiger partial charge is 0.169 e. The summed E-state index contributed by atoms with van der Waals surface area (Å²) in [5, 5.41) is 7.77. The molecule has 0 radical (unpaired) electrons. The van der Waals surface area contributed by atoms with Gasteiger partial charge < -0.3 is 15.2 Å². The number of nitrogens with one attached hydrogen (secondary N) is 1. The normalized spacial score (nSPS) is 10.1.